The van der Waals surface area contributed by atoms with Crippen LogP contribution >= 0.6 is 15.9 Å². The SMILES string of the molecule is O=C(C[C@H]1C(=O)N(Cc2cccnc2)C[C@@H]1Cc1ccccc1)Nc1ccc(Br)cc1. The van der Waals surface area contributed by atoms with E-state index < -0.39 is 0 Å². The smallest absolute Gasteiger partial charge is 0.226 e. The molecular weight excluding hydrogens is 454 g/mol. The highest BCUT2D eigenvalue weighted by Gasteiger charge is 2.41. The molecule has 1 N–H and O–H groups in total. The summed E-state index contributed by atoms with van der Waals surface area (Å²) < 4.78 is 0.949. The van der Waals surface area contributed by atoms with Gasteiger partial charge in [-0.15, -0.1) is 0 Å². The molecule has 6 heteroatoms. The van der Waals surface area contributed by atoms with Crippen molar-refractivity contribution in [2.45, 2.75) is 19.4 Å². The largest absolute Gasteiger partial charge is 0.338 e. The first kappa shape index (κ1) is 21.2. The monoisotopic (exact) mass is 477 g/mol. The van der Waals surface area contributed by atoms with Crippen LogP contribution in [0.4, 0.5) is 5.69 Å². The summed E-state index contributed by atoms with van der Waals surface area (Å²) in [5.41, 5.74) is 2.90. The second kappa shape index (κ2) is 9.88. The zero-order chi connectivity index (χ0) is 21.6. The second-order valence-electron chi connectivity index (χ2n) is 7.90. The number of aromatic nitrogens is 1. The van der Waals surface area contributed by atoms with Gasteiger partial charge >= 0.3 is 0 Å². The molecule has 2 atom stereocenters. The summed E-state index contributed by atoms with van der Waals surface area (Å²) in [7, 11) is 0. The number of hydrogen-bond acceptors (Lipinski definition) is 3. The molecule has 2 heterocycles. The third kappa shape index (κ3) is 5.58. The van der Waals surface area contributed by atoms with Crippen LogP contribution in [-0.2, 0) is 22.6 Å². The van der Waals surface area contributed by atoms with Crippen molar-refractivity contribution in [3.8, 4) is 0 Å². The molecule has 2 aromatic carbocycles. The van der Waals surface area contributed by atoms with Gasteiger partial charge in [0.25, 0.3) is 0 Å². The topological polar surface area (TPSA) is 62.3 Å². The lowest BCUT2D eigenvalue weighted by atomic mass is 9.87. The van der Waals surface area contributed by atoms with Gasteiger partial charge < -0.3 is 10.2 Å². The highest BCUT2D eigenvalue weighted by Crippen LogP contribution is 2.32. The van der Waals surface area contributed by atoms with Crippen LogP contribution in [0.25, 0.3) is 0 Å². The normalized spacial score (nSPS) is 18.2. The van der Waals surface area contributed by atoms with E-state index in [1.807, 2.05) is 59.5 Å². The minimum absolute atomic E-state index is 0.0377. The molecule has 2 amide bonds. The fourth-order valence-corrected chi connectivity index (χ4v) is 4.38. The van der Waals surface area contributed by atoms with Crippen molar-refractivity contribution in [3.63, 3.8) is 0 Å². The van der Waals surface area contributed by atoms with Crippen molar-refractivity contribution in [1.82, 2.24) is 9.88 Å². The van der Waals surface area contributed by atoms with Crippen LogP contribution in [0.1, 0.15) is 17.5 Å². The molecule has 0 bridgehead atoms. The number of halogens is 1. The molecule has 5 nitrogen and oxygen atoms in total. The van der Waals surface area contributed by atoms with Gasteiger partial charge in [-0.25, -0.2) is 0 Å². The molecule has 1 aliphatic heterocycles. The Morgan fingerprint density at radius 2 is 1.77 bits per heavy atom. The Kier molecular flexibility index (Phi) is 6.77. The van der Waals surface area contributed by atoms with E-state index in [0.29, 0.717) is 13.1 Å². The minimum Gasteiger partial charge on any atom is -0.338 e. The Morgan fingerprint density at radius 1 is 1.03 bits per heavy atom. The predicted octanol–water partition coefficient (Wildman–Crippen LogP) is 4.69. The van der Waals surface area contributed by atoms with Crippen LogP contribution in [0.3, 0.4) is 0 Å². The van der Waals surface area contributed by atoms with E-state index in [9.17, 15) is 9.59 Å². The van der Waals surface area contributed by atoms with Gasteiger partial charge in [0.1, 0.15) is 0 Å². The molecular formula is C25H24BrN3O2. The van der Waals surface area contributed by atoms with E-state index in [-0.39, 0.29) is 30.1 Å². The van der Waals surface area contributed by atoms with E-state index in [4.69, 9.17) is 0 Å². The second-order valence-corrected chi connectivity index (χ2v) is 8.81. The molecule has 158 valence electrons. The standard InChI is InChI=1S/C25H24BrN3O2/c26-21-8-10-22(11-9-21)28-24(30)14-23-20(13-18-5-2-1-3-6-18)17-29(25(23)31)16-19-7-4-12-27-15-19/h1-12,15,20,23H,13-14,16-17H2,(H,28,30)/t20-,23+/m0/s1. The van der Waals surface area contributed by atoms with Gasteiger partial charge in [-0.2, -0.15) is 0 Å². The molecule has 0 aliphatic carbocycles. The first-order chi connectivity index (χ1) is 15.1. The van der Waals surface area contributed by atoms with E-state index in [0.717, 1.165) is 22.1 Å². The van der Waals surface area contributed by atoms with Crippen molar-refractivity contribution in [3.05, 3.63) is 94.7 Å². The molecule has 1 fully saturated rings. The lowest BCUT2D eigenvalue weighted by molar-refractivity contribution is -0.133. The predicted molar refractivity (Wildman–Crippen MR) is 124 cm³/mol. The molecule has 3 aromatic rings. The van der Waals surface area contributed by atoms with Crippen LogP contribution in [0.15, 0.2) is 83.6 Å². The van der Waals surface area contributed by atoms with Gasteiger partial charge in [-0.1, -0.05) is 52.3 Å². The zero-order valence-corrected chi connectivity index (χ0v) is 18.7. The Morgan fingerprint density at radius 3 is 2.48 bits per heavy atom. The van der Waals surface area contributed by atoms with Crippen LogP contribution in [0, 0.1) is 11.8 Å². The van der Waals surface area contributed by atoms with Crippen LogP contribution in [0.5, 0.6) is 0 Å². The third-order valence-corrected chi connectivity index (χ3v) is 6.15. The molecule has 1 aromatic heterocycles. The number of nitrogens with zero attached hydrogens (tertiary/aromatic N) is 2. The lowest BCUT2D eigenvalue weighted by Gasteiger charge is -2.16. The van der Waals surface area contributed by atoms with Crippen molar-refractivity contribution in [2.24, 2.45) is 11.8 Å². The number of likely N-dealkylation sites (tertiary alicyclic amines) is 1. The Hall–Kier alpha value is -2.99. The maximum atomic E-state index is 13.3. The summed E-state index contributed by atoms with van der Waals surface area (Å²) in [6.45, 7) is 1.15. The molecule has 31 heavy (non-hydrogen) atoms. The van der Waals surface area contributed by atoms with Crippen molar-refractivity contribution < 1.29 is 9.59 Å². The summed E-state index contributed by atoms with van der Waals surface area (Å²) in [5, 5.41) is 2.93. The molecule has 0 saturated carbocycles. The highest BCUT2D eigenvalue weighted by molar-refractivity contribution is 9.10. The number of rotatable bonds is 7. The van der Waals surface area contributed by atoms with Gasteiger partial charge in [0.2, 0.25) is 11.8 Å². The fourth-order valence-electron chi connectivity index (χ4n) is 4.11. The van der Waals surface area contributed by atoms with E-state index in [1.54, 1.807) is 12.4 Å². The Balaban J connectivity index is 1.48. The third-order valence-electron chi connectivity index (χ3n) is 5.62. The molecule has 0 radical (unpaired) electrons. The summed E-state index contributed by atoms with van der Waals surface area (Å²) in [6, 6.07) is 21.4. The van der Waals surface area contributed by atoms with Crippen molar-refractivity contribution in [1.29, 1.82) is 0 Å². The summed E-state index contributed by atoms with van der Waals surface area (Å²) in [5.74, 6) is -0.354. The quantitative estimate of drug-likeness (QED) is 0.536. The first-order valence-corrected chi connectivity index (χ1v) is 11.1. The lowest BCUT2D eigenvalue weighted by Crippen LogP contribution is -2.29. The van der Waals surface area contributed by atoms with Crippen LogP contribution in [-0.4, -0.2) is 28.2 Å². The zero-order valence-electron chi connectivity index (χ0n) is 17.1. The molecule has 0 unspecified atom stereocenters. The van der Waals surface area contributed by atoms with E-state index in [1.165, 1.54) is 5.56 Å². The average Bonchev–Trinajstić information content (AvgIpc) is 3.05. The van der Waals surface area contributed by atoms with E-state index >= 15 is 0 Å². The summed E-state index contributed by atoms with van der Waals surface area (Å²) in [6.07, 6.45) is 4.46. The number of hydrogen-bond donors (Lipinski definition) is 1. The number of carbonyl (C=O) groups excluding carboxylic acids is 2. The minimum atomic E-state index is -0.340. The number of anilines is 1. The van der Waals surface area contributed by atoms with E-state index in [2.05, 4.69) is 38.4 Å². The van der Waals surface area contributed by atoms with Gasteiger partial charge in [0.15, 0.2) is 0 Å². The van der Waals surface area contributed by atoms with Gasteiger partial charge in [0, 0.05) is 42.1 Å². The highest BCUT2D eigenvalue weighted by atomic mass is 79.9. The summed E-state index contributed by atoms with van der Waals surface area (Å²) in [4.78, 5) is 32.0. The number of amides is 2. The number of benzene rings is 2. The summed E-state index contributed by atoms with van der Waals surface area (Å²) >= 11 is 3.40. The van der Waals surface area contributed by atoms with Crippen molar-refractivity contribution in [2.75, 3.05) is 11.9 Å². The van der Waals surface area contributed by atoms with Gasteiger partial charge in [0.05, 0.1) is 5.92 Å². The van der Waals surface area contributed by atoms with Gasteiger partial charge in [-0.05, 0) is 53.8 Å². The van der Waals surface area contributed by atoms with Crippen LogP contribution < -0.4 is 5.32 Å². The molecule has 1 aliphatic rings. The fraction of sp³-hybridized carbons (Fsp3) is 0.240. The maximum Gasteiger partial charge on any atom is 0.226 e. The number of nitrogens with one attached hydrogen (secondary N) is 1. The van der Waals surface area contributed by atoms with Crippen molar-refractivity contribution >= 4 is 33.4 Å². The first-order valence-electron chi connectivity index (χ1n) is 10.4. The van der Waals surface area contributed by atoms with Crippen LogP contribution in [0.2, 0.25) is 0 Å². The average molecular weight is 478 g/mol. The molecule has 4 rings (SSSR count). The number of carbonyl (C=O) groups is 2. The van der Waals surface area contributed by atoms with Gasteiger partial charge in [-0.3, -0.25) is 14.6 Å². The number of pyridine rings is 1. The molecule has 0 spiro atoms. The Labute approximate surface area is 190 Å². The Bertz CT molecular complexity index is 1030. The molecule has 1 saturated heterocycles. The maximum absolute atomic E-state index is 13.3.